The Hall–Kier alpha value is -2.30. The van der Waals surface area contributed by atoms with E-state index in [0.717, 1.165) is 6.07 Å². The van der Waals surface area contributed by atoms with Gasteiger partial charge in [-0.1, -0.05) is 6.07 Å². The van der Waals surface area contributed by atoms with Crippen LogP contribution in [0.25, 0.3) is 0 Å². The summed E-state index contributed by atoms with van der Waals surface area (Å²) in [6.07, 6.45) is 1.31. The third kappa shape index (κ3) is 2.36. The fourth-order valence-corrected chi connectivity index (χ4v) is 2.94. The normalized spacial score (nSPS) is 13.9. The second kappa shape index (κ2) is 5.48. The van der Waals surface area contributed by atoms with Crippen LogP contribution < -0.4 is 4.90 Å². The third-order valence-corrected chi connectivity index (χ3v) is 3.87. The molecule has 0 unspecified atom stereocenters. The summed E-state index contributed by atoms with van der Waals surface area (Å²) < 4.78 is 40.7. The number of halogens is 3. The van der Waals surface area contributed by atoms with Crippen LogP contribution in [-0.2, 0) is 6.42 Å². The number of hydrogen-bond donors (Lipinski definition) is 0. The zero-order valence-corrected chi connectivity index (χ0v) is 12.0. The van der Waals surface area contributed by atoms with E-state index in [9.17, 15) is 18.0 Å². The summed E-state index contributed by atoms with van der Waals surface area (Å²) in [5, 5.41) is 0. The van der Waals surface area contributed by atoms with Gasteiger partial charge >= 0.3 is 0 Å². The average Bonchev–Trinajstić information content (AvgIpc) is 2.48. The summed E-state index contributed by atoms with van der Waals surface area (Å²) in [4.78, 5) is 14.0. The Morgan fingerprint density at radius 1 is 1.18 bits per heavy atom. The second-order valence-corrected chi connectivity index (χ2v) is 5.39. The van der Waals surface area contributed by atoms with Crippen molar-refractivity contribution in [2.24, 2.45) is 0 Å². The van der Waals surface area contributed by atoms with Crippen molar-refractivity contribution in [1.29, 1.82) is 0 Å². The summed E-state index contributed by atoms with van der Waals surface area (Å²) in [5.41, 5.74) is 1.62. The number of aryl methyl sites for hydroxylation is 2. The fourth-order valence-electron chi connectivity index (χ4n) is 2.94. The molecule has 1 heterocycles. The predicted molar refractivity (Wildman–Crippen MR) is 77.5 cm³/mol. The molecular formula is C17H14F3NO. The van der Waals surface area contributed by atoms with Gasteiger partial charge in [0.2, 0.25) is 0 Å². The van der Waals surface area contributed by atoms with Crippen LogP contribution in [-0.4, -0.2) is 12.5 Å². The van der Waals surface area contributed by atoms with E-state index in [2.05, 4.69) is 0 Å². The van der Waals surface area contributed by atoms with Crippen LogP contribution in [0.3, 0.4) is 0 Å². The number of fused-ring (bicyclic) bond motifs is 1. The zero-order valence-electron chi connectivity index (χ0n) is 12.0. The number of anilines is 1. The molecule has 0 N–H and O–H groups in total. The van der Waals surface area contributed by atoms with E-state index in [-0.39, 0.29) is 11.4 Å². The molecule has 0 aromatic heterocycles. The maximum Gasteiger partial charge on any atom is 0.261 e. The quantitative estimate of drug-likeness (QED) is 0.779. The fraction of sp³-hybridized carbons (Fsp3) is 0.235. The van der Waals surface area contributed by atoms with Crippen LogP contribution >= 0.6 is 0 Å². The van der Waals surface area contributed by atoms with Crippen LogP contribution in [0, 0.1) is 24.4 Å². The summed E-state index contributed by atoms with van der Waals surface area (Å²) in [5.74, 6) is -3.17. The van der Waals surface area contributed by atoms with Gasteiger partial charge in [-0.05, 0) is 55.2 Å². The summed E-state index contributed by atoms with van der Waals surface area (Å²) in [6.45, 7) is 2.10. The predicted octanol–water partition coefficient (Wildman–Crippen LogP) is 4.01. The van der Waals surface area contributed by atoms with Gasteiger partial charge in [0.15, 0.2) is 11.6 Å². The minimum atomic E-state index is -1.15. The SMILES string of the molecule is Cc1cc(F)cc2c1N(C(=O)c1cccc(F)c1F)CCC2. The van der Waals surface area contributed by atoms with Crippen LogP contribution in [0.5, 0.6) is 0 Å². The van der Waals surface area contributed by atoms with Gasteiger partial charge in [0.25, 0.3) is 5.91 Å². The molecule has 0 atom stereocenters. The van der Waals surface area contributed by atoms with Crippen molar-refractivity contribution in [3.05, 3.63) is 64.5 Å². The molecule has 1 amide bonds. The Labute approximate surface area is 126 Å². The van der Waals surface area contributed by atoms with Crippen molar-refractivity contribution in [3.63, 3.8) is 0 Å². The molecule has 0 aliphatic carbocycles. The molecule has 3 rings (SSSR count). The van der Waals surface area contributed by atoms with Crippen LogP contribution in [0.1, 0.15) is 27.9 Å². The van der Waals surface area contributed by atoms with Crippen molar-refractivity contribution in [2.45, 2.75) is 19.8 Å². The number of carbonyl (C=O) groups is 1. The first-order valence-corrected chi connectivity index (χ1v) is 7.04. The lowest BCUT2D eigenvalue weighted by atomic mass is 9.97. The first-order chi connectivity index (χ1) is 10.5. The van der Waals surface area contributed by atoms with Gasteiger partial charge in [-0.15, -0.1) is 0 Å². The molecular weight excluding hydrogens is 291 g/mol. The Morgan fingerprint density at radius 3 is 2.73 bits per heavy atom. The van der Waals surface area contributed by atoms with E-state index in [1.54, 1.807) is 6.92 Å². The summed E-state index contributed by atoms with van der Waals surface area (Å²) in [6, 6.07) is 6.26. The Bertz CT molecular complexity index is 758. The Morgan fingerprint density at radius 2 is 1.95 bits per heavy atom. The minimum Gasteiger partial charge on any atom is -0.308 e. The highest BCUT2D eigenvalue weighted by molar-refractivity contribution is 6.07. The lowest BCUT2D eigenvalue weighted by molar-refractivity contribution is 0.0980. The van der Waals surface area contributed by atoms with Crippen LogP contribution in [0.4, 0.5) is 18.9 Å². The highest BCUT2D eigenvalue weighted by Crippen LogP contribution is 2.33. The first-order valence-electron chi connectivity index (χ1n) is 7.04. The van der Waals surface area contributed by atoms with Gasteiger partial charge < -0.3 is 4.90 Å². The lowest BCUT2D eigenvalue weighted by Gasteiger charge is -2.31. The average molecular weight is 305 g/mol. The van der Waals surface area contributed by atoms with Crippen molar-refractivity contribution in [3.8, 4) is 0 Å². The Kier molecular flexibility index (Phi) is 3.64. The number of amides is 1. The Balaban J connectivity index is 2.08. The molecule has 0 saturated heterocycles. The molecule has 2 aromatic carbocycles. The molecule has 2 aromatic rings. The molecule has 0 spiro atoms. The largest absolute Gasteiger partial charge is 0.308 e. The highest BCUT2D eigenvalue weighted by atomic mass is 19.2. The maximum absolute atomic E-state index is 13.9. The number of carbonyl (C=O) groups excluding carboxylic acids is 1. The van der Waals surface area contributed by atoms with Crippen LogP contribution in [0.15, 0.2) is 30.3 Å². The van der Waals surface area contributed by atoms with Gasteiger partial charge in [-0.2, -0.15) is 0 Å². The van der Waals surface area contributed by atoms with E-state index in [4.69, 9.17) is 0 Å². The summed E-state index contributed by atoms with van der Waals surface area (Å²) in [7, 11) is 0. The van der Waals surface area contributed by atoms with Gasteiger partial charge in [-0.25, -0.2) is 13.2 Å². The molecule has 5 heteroatoms. The van der Waals surface area contributed by atoms with Gasteiger partial charge in [0.1, 0.15) is 5.82 Å². The highest BCUT2D eigenvalue weighted by Gasteiger charge is 2.28. The monoisotopic (exact) mass is 305 g/mol. The molecule has 0 fully saturated rings. The van der Waals surface area contributed by atoms with Gasteiger partial charge in [0, 0.05) is 6.54 Å². The molecule has 0 radical (unpaired) electrons. The number of benzene rings is 2. The summed E-state index contributed by atoms with van der Waals surface area (Å²) >= 11 is 0. The molecule has 1 aliphatic rings. The smallest absolute Gasteiger partial charge is 0.261 e. The third-order valence-electron chi connectivity index (χ3n) is 3.87. The lowest BCUT2D eigenvalue weighted by Crippen LogP contribution is -2.36. The van der Waals surface area contributed by atoms with E-state index in [1.165, 1.54) is 29.2 Å². The minimum absolute atomic E-state index is 0.309. The number of hydrogen-bond acceptors (Lipinski definition) is 1. The molecule has 0 saturated carbocycles. The van der Waals surface area contributed by atoms with Crippen molar-refractivity contribution >= 4 is 11.6 Å². The van der Waals surface area contributed by atoms with E-state index in [0.29, 0.717) is 36.2 Å². The van der Waals surface area contributed by atoms with Gasteiger partial charge in [-0.3, -0.25) is 4.79 Å². The van der Waals surface area contributed by atoms with E-state index < -0.39 is 17.5 Å². The van der Waals surface area contributed by atoms with Gasteiger partial charge in [0.05, 0.1) is 11.3 Å². The van der Waals surface area contributed by atoms with Crippen molar-refractivity contribution in [1.82, 2.24) is 0 Å². The zero-order chi connectivity index (χ0) is 15.9. The molecule has 114 valence electrons. The van der Waals surface area contributed by atoms with Crippen LogP contribution in [0.2, 0.25) is 0 Å². The standard InChI is InChI=1S/C17H14F3NO/c1-10-8-12(18)9-11-4-3-7-21(16(10)11)17(22)13-5-2-6-14(19)15(13)20/h2,5-6,8-9H,3-4,7H2,1H3. The van der Waals surface area contributed by atoms with E-state index in [1.807, 2.05) is 0 Å². The second-order valence-electron chi connectivity index (χ2n) is 5.39. The number of nitrogens with zero attached hydrogens (tertiary/aromatic N) is 1. The molecule has 1 aliphatic heterocycles. The molecule has 0 bridgehead atoms. The first kappa shape index (κ1) is 14.6. The number of rotatable bonds is 1. The topological polar surface area (TPSA) is 20.3 Å². The molecule has 2 nitrogen and oxygen atoms in total. The van der Waals surface area contributed by atoms with Crippen molar-refractivity contribution < 1.29 is 18.0 Å². The van der Waals surface area contributed by atoms with E-state index >= 15 is 0 Å². The molecule has 22 heavy (non-hydrogen) atoms. The maximum atomic E-state index is 13.9. The van der Waals surface area contributed by atoms with Crippen molar-refractivity contribution in [2.75, 3.05) is 11.4 Å².